The molecule has 0 amide bonds. The zero-order chi connectivity index (χ0) is 22.1. The number of anilines is 1. The molecule has 2 aliphatic rings. The van der Waals surface area contributed by atoms with Crippen molar-refractivity contribution in [2.24, 2.45) is 5.92 Å². The topological polar surface area (TPSA) is 78.3 Å². The van der Waals surface area contributed by atoms with Gasteiger partial charge in [0, 0.05) is 29.3 Å². The highest BCUT2D eigenvalue weighted by atomic mass is 16.5. The molecule has 1 aromatic heterocycles. The number of allylic oxidation sites excluding steroid dienone is 3. The number of aromatic nitrogens is 3. The van der Waals surface area contributed by atoms with Crippen LogP contribution in [0.3, 0.4) is 0 Å². The largest absolute Gasteiger partial charge is 0.497 e. The zero-order valence-corrected chi connectivity index (χ0v) is 18.0. The van der Waals surface area contributed by atoms with E-state index in [9.17, 15) is 4.79 Å². The maximum Gasteiger partial charge on any atom is 0.226 e. The van der Waals surface area contributed by atoms with Gasteiger partial charge in [-0.15, -0.1) is 0 Å². The summed E-state index contributed by atoms with van der Waals surface area (Å²) >= 11 is 0. The molecule has 162 valence electrons. The highest BCUT2D eigenvalue weighted by Gasteiger charge is 2.39. The molecule has 1 N–H and O–H groups in total. The molecule has 0 saturated heterocycles. The van der Waals surface area contributed by atoms with Crippen molar-refractivity contribution in [3.8, 4) is 11.5 Å². The lowest BCUT2D eigenvalue weighted by Gasteiger charge is -2.34. The van der Waals surface area contributed by atoms with Crippen LogP contribution in [0.4, 0.5) is 5.95 Å². The first-order valence-electron chi connectivity index (χ1n) is 10.6. The second-order valence-corrected chi connectivity index (χ2v) is 7.92. The molecule has 0 radical (unpaired) electrons. The second kappa shape index (κ2) is 8.34. The summed E-state index contributed by atoms with van der Waals surface area (Å²) in [7, 11) is 3.23. The summed E-state index contributed by atoms with van der Waals surface area (Å²) in [5.74, 6) is 2.16. The number of rotatable bonds is 5. The molecule has 0 saturated carbocycles. The zero-order valence-electron chi connectivity index (χ0n) is 18.0. The van der Waals surface area contributed by atoms with Crippen LogP contribution >= 0.6 is 0 Å². The van der Waals surface area contributed by atoms with Crippen molar-refractivity contribution in [1.82, 2.24) is 14.8 Å². The van der Waals surface area contributed by atoms with Crippen LogP contribution in [0, 0.1) is 5.92 Å². The Hall–Kier alpha value is -3.87. The predicted molar refractivity (Wildman–Crippen MR) is 122 cm³/mol. The molecule has 2 atom stereocenters. The van der Waals surface area contributed by atoms with Crippen molar-refractivity contribution in [3.63, 3.8) is 0 Å². The van der Waals surface area contributed by atoms with Crippen LogP contribution in [0.15, 0.2) is 72.2 Å². The van der Waals surface area contributed by atoms with E-state index in [0.717, 1.165) is 28.8 Å². The van der Waals surface area contributed by atoms with E-state index >= 15 is 0 Å². The Bertz CT molecular complexity index is 1210. The Morgan fingerprint density at radius 1 is 1.09 bits per heavy atom. The number of methoxy groups -OCH3 is 2. The van der Waals surface area contributed by atoms with E-state index in [1.54, 1.807) is 18.9 Å². The van der Waals surface area contributed by atoms with E-state index in [-0.39, 0.29) is 11.7 Å². The number of Topliss-reactive ketones (excluding diaryl/α,β-unsaturated/α-hetero) is 1. The normalized spacial score (nSPS) is 20.0. The van der Waals surface area contributed by atoms with E-state index in [1.807, 2.05) is 36.4 Å². The molecular weight excluding hydrogens is 404 g/mol. The van der Waals surface area contributed by atoms with Gasteiger partial charge in [0.15, 0.2) is 5.78 Å². The molecule has 3 aromatic rings. The Morgan fingerprint density at radius 3 is 2.72 bits per heavy atom. The maximum atomic E-state index is 13.4. The van der Waals surface area contributed by atoms with Crippen molar-refractivity contribution < 1.29 is 14.3 Å². The van der Waals surface area contributed by atoms with Crippen molar-refractivity contribution in [2.75, 3.05) is 19.5 Å². The summed E-state index contributed by atoms with van der Waals surface area (Å²) in [6, 6.07) is 15.3. The molecule has 0 fully saturated rings. The molecule has 0 bridgehead atoms. The predicted octanol–water partition coefficient (Wildman–Crippen LogP) is 4.26. The number of benzene rings is 2. The summed E-state index contributed by atoms with van der Waals surface area (Å²) in [6.45, 7) is 0. The van der Waals surface area contributed by atoms with Gasteiger partial charge < -0.3 is 14.8 Å². The van der Waals surface area contributed by atoms with E-state index < -0.39 is 6.04 Å². The molecular formula is C25H24N4O3. The number of carbonyl (C=O) groups excluding carboxylic acids is 1. The average molecular weight is 428 g/mol. The highest BCUT2D eigenvalue weighted by Crippen LogP contribution is 2.44. The molecule has 32 heavy (non-hydrogen) atoms. The van der Waals surface area contributed by atoms with Crippen molar-refractivity contribution >= 4 is 17.8 Å². The van der Waals surface area contributed by atoms with Gasteiger partial charge in [0.05, 0.1) is 14.2 Å². The Labute approximate surface area is 186 Å². The standard InChI is InChI=1S/C25H24N4O3/c1-31-18-10-11-19(22(14-18)32-2)24-23-20(28-25-26-15-27-29(24)25)12-17(13-21(23)30)9-8-16-6-4-3-5-7-16/h3-11,14-15,17,24H,12-13H2,1-2H3,(H,26,27,28)/b9-8+/t17-,24-/m0/s1. The van der Waals surface area contributed by atoms with E-state index in [2.05, 4.69) is 39.7 Å². The van der Waals surface area contributed by atoms with Crippen LogP contribution in [-0.2, 0) is 4.79 Å². The Kier molecular flexibility index (Phi) is 5.23. The van der Waals surface area contributed by atoms with Gasteiger partial charge in [-0.3, -0.25) is 4.79 Å². The van der Waals surface area contributed by atoms with Gasteiger partial charge in [-0.2, -0.15) is 10.1 Å². The van der Waals surface area contributed by atoms with Crippen molar-refractivity contribution in [2.45, 2.75) is 18.9 Å². The first-order chi connectivity index (χ1) is 15.7. The fourth-order valence-electron chi connectivity index (χ4n) is 4.46. The molecule has 2 aromatic carbocycles. The van der Waals surface area contributed by atoms with E-state index in [0.29, 0.717) is 23.9 Å². The number of nitrogens with one attached hydrogen (secondary N) is 1. The number of hydrogen-bond acceptors (Lipinski definition) is 6. The minimum Gasteiger partial charge on any atom is -0.497 e. The van der Waals surface area contributed by atoms with E-state index in [1.165, 1.54) is 6.33 Å². The molecule has 7 nitrogen and oxygen atoms in total. The van der Waals surface area contributed by atoms with Crippen molar-refractivity contribution in [3.05, 3.63) is 83.3 Å². The maximum absolute atomic E-state index is 13.4. The molecule has 0 unspecified atom stereocenters. The van der Waals surface area contributed by atoms with Gasteiger partial charge in [0.2, 0.25) is 5.95 Å². The van der Waals surface area contributed by atoms with Crippen LogP contribution in [0.1, 0.15) is 30.0 Å². The van der Waals surface area contributed by atoms with Gasteiger partial charge in [0.25, 0.3) is 0 Å². The monoisotopic (exact) mass is 428 g/mol. The summed E-state index contributed by atoms with van der Waals surface area (Å²) in [5, 5.41) is 7.75. The number of hydrogen-bond donors (Lipinski definition) is 1. The van der Waals surface area contributed by atoms with Crippen LogP contribution < -0.4 is 14.8 Å². The average Bonchev–Trinajstić information content (AvgIpc) is 3.30. The third-order valence-corrected chi connectivity index (χ3v) is 5.99. The SMILES string of the molecule is COc1ccc([C@H]2C3=C(C[C@H](/C=C/c4ccccc4)CC3=O)Nc3ncnn32)c(OC)c1. The van der Waals surface area contributed by atoms with Gasteiger partial charge in [-0.1, -0.05) is 42.5 Å². The fraction of sp³-hybridized carbons (Fsp3) is 0.240. The van der Waals surface area contributed by atoms with Crippen LogP contribution in [0.2, 0.25) is 0 Å². The van der Waals surface area contributed by atoms with E-state index in [4.69, 9.17) is 9.47 Å². The Balaban J connectivity index is 1.54. The summed E-state index contributed by atoms with van der Waals surface area (Å²) in [6.07, 6.45) is 6.88. The minimum atomic E-state index is -0.406. The summed E-state index contributed by atoms with van der Waals surface area (Å²) in [5.41, 5.74) is 3.58. The van der Waals surface area contributed by atoms with Gasteiger partial charge in [-0.05, 0) is 30.0 Å². The number of carbonyl (C=O) groups is 1. The highest BCUT2D eigenvalue weighted by molar-refractivity contribution is 6.00. The second-order valence-electron chi connectivity index (χ2n) is 7.92. The number of ether oxygens (including phenoxy) is 2. The van der Waals surface area contributed by atoms with Gasteiger partial charge in [0.1, 0.15) is 23.9 Å². The van der Waals surface area contributed by atoms with Crippen molar-refractivity contribution in [1.29, 1.82) is 0 Å². The molecule has 5 rings (SSSR count). The molecule has 2 heterocycles. The van der Waals surface area contributed by atoms with Crippen LogP contribution in [0.5, 0.6) is 11.5 Å². The molecule has 1 aliphatic carbocycles. The lowest BCUT2D eigenvalue weighted by Crippen LogP contribution is -2.33. The quantitative estimate of drug-likeness (QED) is 0.654. The van der Waals surface area contributed by atoms with Gasteiger partial charge in [-0.25, -0.2) is 4.68 Å². The first-order valence-corrected chi connectivity index (χ1v) is 10.6. The number of ketones is 1. The first kappa shape index (κ1) is 20.1. The third-order valence-electron chi connectivity index (χ3n) is 5.99. The molecule has 0 spiro atoms. The molecule has 1 aliphatic heterocycles. The smallest absolute Gasteiger partial charge is 0.226 e. The summed E-state index contributed by atoms with van der Waals surface area (Å²) < 4.78 is 12.7. The Morgan fingerprint density at radius 2 is 1.94 bits per heavy atom. The third kappa shape index (κ3) is 3.56. The fourth-order valence-corrected chi connectivity index (χ4v) is 4.46. The molecule has 7 heteroatoms. The van der Waals surface area contributed by atoms with Gasteiger partial charge >= 0.3 is 0 Å². The van der Waals surface area contributed by atoms with Crippen LogP contribution in [-0.4, -0.2) is 34.8 Å². The number of fused-ring (bicyclic) bond motifs is 1. The van der Waals surface area contributed by atoms with Crippen LogP contribution in [0.25, 0.3) is 6.08 Å². The minimum absolute atomic E-state index is 0.102. The number of nitrogens with zero attached hydrogens (tertiary/aromatic N) is 3. The lowest BCUT2D eigenvalue weighted by atomic mass is 9.80. The lowest BCUT2D eigenvalue weighted by molar-refractivity contribution is -0.117. The summed E-state index contributed by atoms with van der Waals surface area (Å²) in [4.78, 5) is 17.8.